The highest BCUT2D eigenvalue weighted by Crippen LogP contribution is 2.40. The summed E-state index contributed by atoms with van der Waals surface area (Å²) in [4.78, 5) is 10.8. The van der Waals surface area contributed by atoms with Crippen molar-refractivity contribution in [3.05, 3.63) is 194 Å². The zero-order valence-corrected chi connectivity index (χ0v) is 29.6. The molecule has 0 unspecified atom stereocenters. The first-order valence-electron chi connectivity index (χ1n) is 17.9. The molecule has 2 heterocycles. The van der Waals surface area contributed by atoms with E-state index in [1.165, 1.54) is 31.1 Å². The van der Waals surface area contributed by atoms with Crippen molar-refractivity contribution in [2.45, 2.75) is 0 Å². The highest BCUT2D eigenvalue weighted by atomic mass is 32.1. The number of hydrogen-bond acceptors (Lipinski definition) is 3. The summed E-state index contributed by atoms with van der Waals surface area (Å²) in [5, 5.41) is 4.93. The molecule has 0 fully saturated rings. The molecule has 0 aliphatic heterocycles. The van der Waals surface area contributed by atoms with Crippen molar-refractivity contribution in [1.29, 1.82) is 0 Å². The Bertz CT molecular complexity index is 2940. The van der Waals surface area contributed by atoms with E-state index in [4.69, 9.17) is 9.97 Å². The third kappa shape index (κ3) is 5.78. The summed E-state index contributed by atoms with van der Waals surface area (Å²) in [6.07, 6.45) is 0. The van der Waals surface area contributed by atoms with E-state index in [-0.39, 0.29) is 0 Å². The minimum Gasteiger partial charge on any atom is -0.228 e. The van der Waals surface area contributed by atoms with Gasteiger partial charge in [-0.3, -0.25) is 0 Å². The molecule has 0 amide bonds. The maximum atomic E-state index is 5.41. The molecule has 0 N–H and O–H groups in total. The topological polar surface area (TPSA) is 25.8 Å². The molecule has 0 atom stereocenters. The molecule has 0 bridgehead atoms. The van der Waals surface area contributed by atoms with Crippen molar-refractivity contribution in [3.63, 3.8) is 0 Å². The van der Waals surface area contributed by atoms with E-state index in [1.54, 1.807) is 0 Å². The van der Waals surface area contributed by atoms with Gasteiger partial charge in [0, 0.05) is 36.9 Å². The summed E-state index contributed by atoms with van der Waals surface area (Å²) in [6.45, 7) is 0. The number of rotatable bonds is 6. The molecular formula is C50H32N2S. The predicted octanol–water partition coefficient (Wildman–Crippen LogP) is 14.0. The minimum absolute atomic E-state index is 0.697. The fourth-order valence-corrected chi connectivity index (χ4v) is 8.58. The highest BCUT2D eigenvalue weighted by molar-refractivity contribution is 7.25. The SMILES string of the molecule is c1ccc(-c2cc(-c3ccc4sc5ccccc5c4c3)cc(-c3cc(-c4cccc5ccccc45)nc(-c4ccccc4-c4ccccc4)n3)c2)cc1. The molecule has 0 saturated carbocycles. The van der Waals surface area contributed by atoms with Crippen LogP contribution in [0.25, 0.3) is 98.2 Å². The lowest BCUT2D eigenvalue weighted by molar-refractivity contribution is 1.19. The van der Waals surface area contributed by atoms with Gasteiger partial charge in [-0.1, -0.05) is 152 Å². The molecule has 10 rings (SSSR count). The van der Waals surface area contributed by atoms with Gasteiger partial charge < -0.3 is 0 Å². The first-order chi connectivity index (χ1) is 26.2. The summed E-state index contributed by atoms with van der Waals surface area (Å²) in [5.41, 5.74) is 11.8. The summed E-state index contributed by atoms with van der Waals surface area (Å²) < 4.78 is 2.61. The van der Waals surface area contributed by atoms with Crippen LogP contribution in [0.5, 0.6) is 0 Å². The van der Waals surface area contributed by atoms with Gasteiger partial charge in [0.25, 0.3) is 0 Å². The van der Waals surface area contributed by atoms with E-state index in [0.717, 1.165) is 61.3 Å². The largest absolute Gasteiger partial charge is 0.228 e. The van der Waals surface area contributed by atoms with Crippen LogP contribution in [0.1, 0.15) is 0 Å². The smallest absolute Gasteiger partial charge is 0.161 e. The first kappa shape index (κ1) is 31.1. The lowest BCUT2D eigenvalue weighted by Gasteiger charge is -2.15. The van der Waals surface area contributed by atoms with Crippen molar-refractivity contribution in [2.24, 2.45) is 0 Å². The van der Waals surface area contributed by atoms with Crippen LogP contribution in [-0.2, 0) is 0 Å². The lowest BCUT2D eigenvalue weighted by Crippen LogP contribution is -1.98. The quantitative estimate of drug-likeness (QED) is 0.173. The molecule has 0 aliphatic rings. The van der Waals surface area contributed by atoms with E-state index >= 15 is 0 Å². The number of benzene rings is 8. The van der Waals surface area contributed by atoms with Crippen LogP contribution in [0, 0.1) is 0 Å². The normalized spacial score (nSPS) is 11.4. The molecule has 0 aliphatic carbocycles. The van der Waals surface area contributed by atoms with E-state index in [2.05, 4.69) is 194 Å². The maximum absolute atomic E-state index is 5.41. The predicted molar refractivity (Wildman–Crippen MR) is 225 cm³/mol. The van der Waals surface area contributed by atoms with Crippen LogP contribution in [-0.4, -0.2) is 9.97 Å². The van der Waals surface area contributed by atoms with Crippen molar-refractivity contribution >= 4 is 42.3 Å². The van der Waals surface area contributed by atoms with E-state index in [0.29, 0.717) is 5.82 Å². The fraction of sp³-hybridized carbons (Fsp3) is 0. The van der Waals surface area contributed by atoms with Crippen molar-refractivity contribution in [2.75, 3.05) is 0 Å². The van der Waals surface area contributed by atoms with Crippen LogP contribution < -0.4 is 0 Å². The molecule has 8 aromatic carbocycles. The highest BCUT2D eigenvalue weighted by Gasteiger charge is 2.17. The molecule has 0 spiro atoms. The number of hydrogen-bond donors (Lipinski definition) is 0. The Morgan fingerprint density at radius 2 is 0.887 bits per heavy atom. The third-order valence-corrected chi connectivity index (χ3v) is 11.2. The Hall–Kier alpha value is -6.68. The lowest BCUT2D eigenvalue weighted by atomic mass is 9.93. The third-order valence-electron chi connectivity index (χ3n) is 10.1. The van der Waals surface area contributed by atoms with E-state index in [9.17, 15) is 0 Å². The average molecular weight is 693 g/mol. The molecule has 2 nitrogen and oxygen atoms in total. The standard InChI is InChI=1S/C50H32N2S/c1-3-14-33(15-4-1)37-28-38(36-26-27-49-45(31-36)43-22-11-12-25-48(43)53-49)30-39(29-37)46-32-47(42-24-13-19-35-18-7-8-20-40(35)42)52-50(51-46)44-23-10-9-21-41(44)34-16-5-2-6-17-34/h1-32H. The summed E-state index contributed by atoms with van der Waals surface area (Å²) in [6, 6.07) is 69.2. The number of nitrogens with zero attached hydrogens (tertiary/aromatic N) is 2. The maximum Gasteiger partial charge on any atom is 0.161 e. The summed E-state index contributed by atoms with van der Waals surface area (Å²) >= 11 is 1.85. The van der Waals surface area contributed by atoms with Gasteiger partial charge in [0.15, 0.2) is 5.82 Å². The fourth-order valence-electron chi connectivity index (χ4n) is 7.49. The second-order valence-electron chi connectivity index (χ2n) is 13.4. The molecule has 2 aromatic heterocycles. The zero-order chi connectivity index (χ0) is 35.1. The van der Waals surface area contributed by atoms with Gasteiger partial charge in [0.05, 0.1) is 11.4 Å². The van der Waals surface area contributed by atoms with Gasteiger partial charge in [-0.2, -0.15) is 0 Å². The van der Waals surface area contributed by atoms with Crippen LogP contribution in [0.2, 0.25) is 0 Å². The number of fused-ring (bicyclic) bond motifs is 4. The molecule has 248 valence electrons. The Labute approximate surface area is 312 Å². The monoisotopic (exact) mass is 692 g/mol. The van der Waals surface area contributed by atoms with Gasteiger partial charge in [0.2, 0.25) is 0 Å². The van der Waals surface area contributed by atoms with Gasteiger partial charge >= 0.3 is 0 Å². The minimum atomic E-state index is 0.697. The van der Waals surface area contributed by atoms with Gasteiger partial charge in [-0.05, 0) is 86.6 Å². The van der Waals surface area contributed by atoms with Crippen molar-refractivity contribution in [1.82, 2.24) is 9.97 Å². The van der Waals surface area contributed by atoms with Gasteiger partial charge in [-0.15, -0.1) is 11.3 Å². The Kier molecular flexibility index (Phi) is 7.71. The Morgan fingerprint density at radius 1 is 0.302 bits per heavy atom. The number of aromatic nitrogens is 2. The molecular weight excluding hydrogens is 661 g/mol. The second-order valence-corrected chi connectivity index (χ2v) is 14.5. The summed E-state index contributed by atoms with van der Waals surface area (Å²) in [7, 11) is 0. The van der Waals surface area contributed by atoms with E-state index in [1.807, 2.05) is 11.3 Å². The summed E-state index contributed by atoms with van der Waals surface area (Å²) in [5.74, 6) is 0.697. The van der Waals surface area contributed by atoms with E-state index < -0.39 is 0 Å². The Balaban J connectivity index is 1.23. The molecule has 53 heavy (non-hydrogen) atoms. The van der Waals surface area contributed by atoms with Crippen LogP contribution in [0.15, 0.2) is 194 Å². The van der Waals surface area contributed by atoms with Crippen LogP contribution in [0.3, 0.4) is 0 Å². The molecule has 0 saturated heterocycles. The van der Waals surface area contributed by atoms with Gasteiger partial charge in [0.1, 0.15) is 0 Å². The first-order valence-corrected chi connectivity index (χ1v) is 18.7. The second kappa shape index (κ2) is 13.1. The number of thiophene rings is 1. The van der Waals surface area contributed by atoms with Crippen LogP contribution >= 0.6 is 11.3 Å². The van der Waals surface area contributed by atoms with Crippen molar-refractivity contribution < 1.29 is 0 Å². The van der Waals surface area contributed by atoms with Gasteiger partial charge in [-0.25, -0.2) is 9.97 Å². The molecule has 3 heteroatoms. The van der Waals surface area contributed by atoms with Crippen LogP contribution in [0.4, 0.5) is 0 Å². The molecule has 0 radical (unpaired) electrons. The van der Waals surface area contributed by atoms with Crippen molar-refractivity contribution in [3.8, 4) is 67.3 Å². The molecule has 10 aromatic rings. The Morgan fingerprint density at radius 3 is 1.72 bits per heavy atom. The zero-order valence-electron chi connectivity index (χ0n) is 28.8. The average Bonchev–Trinajstić information content (AvgIpc) is 3.62.